The zero-order valence-electron chi connectivity index (χ0n) is 8.68. The monoisotopic (exact) mass is 216 g/mol. The Bertz CT molecular complexity index is 483. The molecule has 5 nitrogen and oxygen atoms in total. The summed E-state index contributed by atoms with van der Waals surface area (Å²) in [6.45, 7) is 0. The first-order valence-corrected chi connectivity index (χ1v) is 5.23. The Morgan fingerprint density at radius 3 is 2.44 bits per heavy atom. The van der Waals surface area contributed by atoms with Gasteiger partial charge in [0.2, 0.25) is 0 Å². The summed E-state index contributed by atoms with van der Waals surface area (Å²) >= 11 is 0. The van der Waals surface area contributed by atoms with Crippen molar-refractivity contribution in [2.45, 2.75) is 18.9 Å². The van der Waals surface area contributed by atoms with Gasteiger partial charge >= 0.3 is 12.0 Å². The van der Waals surface area contributed by atoms with Crippen molar-refractivity contribution in [3.05, 3.63) is 35.4 Å². The molecule has 1 aliphatic carbocycles. The number of benzene rings is 1. The zero-order valence-corrected chi connectivity index (χ0v) is 8.68. The third-order valence-electron chi connectivity index (χ3n) is 2.82. The van der Waals surface area contributed by atoms with Crippen LogP contribution in [0.3, 0.4) is 0 Å². The molecule has 0 amide bonds. The highest BCUT2D eigenvalue weighted by Gasteiger charge is 2.22. The number of hydrogen-bond acceptors (Lipinski definition) is 5. The van der Waals surface area contributed by atoms with E-state index in [0.717, 1.165) is 12.8 Å². The molecule has 5 heteroatoms. The fourth-order valence-corrected chi connectivity index (χ4v) is 2.13. The van der Waals surface area contributed by atoms with Crippen molar-refractivity contribution in [2.24, 2.45) is 0 Å². The van der Waals surface area contributed by atoms with E-state index in [1.54, 1.807) is 0 Å². The number of nitrogens with zero attached hydrogens (tertiary/aromatic N) is 2. The molecule has 0 aliphatic heterocycles. The van der Waals surface area contributed by atoms with Gasteiger partial charge in [0.1, 0.15) is 0 Å². The maximum absolute atomic E-state index is 5.36. The van der Waals surface area contributed by atoms with Crippen LogP contribution in [-0.2, 0) is 12.8 Å². The van der Waals surface area contributed by atoms with E-state index >= 15 is 0 Å². The number of nitrogen functional groups attached to an aromatic ring is 1. The van der Waals surface area contributed by atoms with E-state index in [1.807, 2.05) is 0 Å². The van der Waals surface area contributed by atoms with Gasteiger partial charge in [0.25, 0.3) is 0 Å². The second-order valence-corrected chi connectivity index (χ2v) is 3.96. The molecule has 0 unspecified atom stereocenters. The number of anilines is 2. The fourth-order valence-electron chi connectivity index (χ4n) is 2.13. The van der Waals surface area contributed by atoms with Gasteiger partial charge in [-0.1, -0.05) is 34.5 Å². The lowest BCUT2D eigenvalue weighted by Gasteiger charge is -2.08. The normalized spacial score (nSPS) is 15.0. The third-order valence-corrected chi connectivity index (χ3v) is 2.82. The molecular weight excluding hydrogens is 204 g/mol. The Balaban J connectivity index is 1.72. The molecule has 1 aromatic heterocycles. The molecule has 0 atom stereocenters. The predicted molar refractivity (Wildman–Crippen MR) is 60.0 cm³/mol. The smallest absolute Gasteiger partial charge is 0.317 e. The molecule has 3 N–H and O–H groups in total. The largest absolute Gasteiger partial charge is 0.390 e. The summed E-state index contributed by atoms with van der Waals surface area (Å²) in [4.78, 5) is 0. The lowest BCUT2D eigenvalue weighted by Crippen LogP contribution is -2.19. The number of fused-ring (bicyclic) bond motifs is 1. The van der Waals surface area contributed by atoms with E-state index in [9.17, 15) is 0 Å². The minimum absolute atomic E-state index is 0.0954. The quantitative estimate of drug-likeness (QED) is 0.789. The van der Waals surface area contributed by atoms with Gasteiger partial charge in [0.15, 0.2) is 0 Å². The Morgan fingerprint density at radius 2 is 1.88 bits per heavy atom. The fraction of sp³-hybridized carbons (Fsp3) is 0.273. The minimum atomic E-state index is 0.0954. The molecule has 2 aromatic rings. The van der Waals surface area contributed by atoms with Crippen LogP contribution in [0.25, 0.3) is 0 Å². The molecule has 0 fully saturated rings. The van der Waals surface area contributed by atoms with Crippen molar-refractivity contribution in [3.8, 4) is 0 Å². The van der Waals surface area contributed by atoms with Gasteiger partial charge < -0.3 is 15.5 Å². The Morgan fingerprint density at radius 1 is 1.19 bits per heavy atom. The van der Waals surface area contributed by atoms with Crippen molar-refractivity contribution in [2.75, 3.05) is 11.1 Å². The van der Waals surface area contributed by atoms with E-state index in [1.165, 1.54) is 11.1 Å². The Hall–Kier alpha value is -2.04. The number of nitrogens with two attached hydrogens (primary N) is 1. The molecule has 1 aromatic carbocycles. The van der Waals surface area contributed by atoms with Crippen molar-refractivity contribution in [1.82, 2.24) is 10.2 Å². The Labute approximate surface area is 92.7 Å². The van der Waals surface area contributed by atoms with Gasteiger partial charge in [0.05, 0.1) is 0 Å². The maximum atomic E-state index is 5.36. The lowest BCUT2D eigenvalue weighted by atomic mass is 10.1. The molecule has 0 radical (unpaired) electrons. The van der Waals surface area contributed by atoms with E-state index in [4.69, 9.17) is 10.2 Å². The predicted octanol–water partition coefficient (Wildman–Crippen LogP) is 1.23. The number of hydrogen-bond donors (Lipinski definition) is 2. The molecule has 1 heterocycles. The average molecular weight is 216 g/mol. The van der Waals surface area contributed by atoms with E-state index in [-0.39, 0.29) is 6.01 Å². The van der Waals surface area contributed by atoms with Crippen LogP contribution in [-0.4, -0.2) is 16.2 Å². The van der Waals surface area contributed by atoms with Gasteiger partial charge in [-0.2, -0.15) is 0 Å². The standard InChI is InChI=1S/C11H12N4O/c12-10-14-15-11(16-10)13-9-5-7-3-1-2-4-8(7)6-9/h1-4,9H,5-6H2,(H2,12,14)(H,13,15). The van der Waals surface area contributed by atoms with Crippen LogP contribution in [0.1, 0.15) is 11.1 Å². The van der Waals surface area contributed by atoms with Gasteiger partial charge in [-0.25, -0.2) is 0 Å². The molecular formula is C11H12N4O. The van der Waals surface area contributed by atoms with Crippen LogP contribution >= 0.6 is 0 Å². The van der Waals surface area contributed by atoms with Gasteiger partial charge in [-0.3, -0.25) is 0 Å². The highest BCUT2D eigenvalue weighted by molar-refractivity contribution is 5.37. The van der Waals surface area contributed by atoms with Crippen molar-refractivity contribution >= 4 is 12.0 Å². The van der Waals surface area contributed by atoms with Gasteiger partial charge in [-0.15, -0.1) is 0 Å². The van der Waals surface area contributed by atoms with Gasteiger partial charge in [0, 0.05) is 6.04 Å². The number of nitrogens with one attached hydrogen (secondary N) is 1. The molecule has 1 aliphatic rings. The number of rotatable bonds is 2. The van der Waals surface area contributed by atoms with Crippen LogP contribution in [0.2, 0.25) is 0 Å². The first-order valence-electron chi connectivity index (χ1n) is 5.23. The topological polar surface area (TPSA) is 77.0 Å². The molecule has 0 saturated heterocycles. The van der Waals surface area contributed by atoms with Gasteiger partial charge in [-0.05, 0) is 24.0 Å². The van der Waals surface area contributed by atoms with Crippen LogP contribution in [0, 0.1) is 0 Å². The maximum Gasteiger partial charge on any atom is 0.317 e. The molecule has 16 heavy (non-hydrogen) atoms. The minimum Gasteiger partial charge on any atom is -0.390 e. The zero-order chi connectivity index (χ0) is 11.0. The second-order valence-electron chi connectivity index (χ2n) is 3.96. The third kappa shape index (κ3) is 1.60. The molecule has 3 rings (SSSR count). The lowest BCUT2D eigenvalue weighted by molar-refractivity contribution is 0.573. The molecule has 0 spiro atoms. The Kier molecular flexibility index (Phi) is 2.02. The second kappa shape index (κ2) is 3.52. The summed E-state index contributed by atoms with van der Waals surface area (Å²) in [5.74, 6) is 0. The first-order chi connectivity index (χ1) is 7.81. The van der Waals surface area contributed by atoms with E-state index in [2.05, 4.69) is 39.8 Å². The highest BCUT2D eigenvalue weighted by Crippen LogP contribution is 2.24. The van der Waals surface area contributed by atoms with Crippen molar-refractivity contribution in [1.29, 1.82) is 0 Å². The van der Waals surface area contributed by atoms with Crippen LogP contribution < -0.4 is 11.1 Å². The molecule has 0 bridgehead atoms. The summed E-state index contributed by atoms with van der Waals surface area (Å²) < 4.78 is 5.09. The van der Waals surface area contributed by atoms with Crippen LogP contribution in [0.15, 0.2) is 28.7 Å². The number of aromatic nitrogens is 2. The summed E-state index contributed by atoms with van der Waals surface area (Å²) in [6, 6.07) is 9.24. The summed E-state index contributed by atoms with van der Waals surface area (Å²) in [5.41, 5.74) is 8.12. The van der Waals surface area contributed by atoms with Crippen LogP contribution in [0.4, 0.5) is 12.0 Å². The first kappa shape index (κ1) is 9.21. The van der Waals surface area contributed by atoms with Crippen molar-refractivity contribution < 1.29 is 4.42 Å². The molecule has 82 valence electrons. The summed E-state index contributed by atoms with van der Waals surface area (Å²) in [7, 11) is 0. The van der Waals surface area contributed by atoms with E-state index in [0.29, 0.717) is 12.1 Å². The summed E-state index contributed by atoms with van der Waals surface area (Å²) in [5, 5.41) is 10.6. The van der Waals surface area contributed by atoms with Crippen LogP contribution in [0.5, 0.6) is 0 Å². The SMILES string of the molecule is Nc1nnc(NC2Cc3ccccc3C2)o1. The highest BCUT2D eigenvalue weighted by atomic mass is 16.4. The molecule has 0 saturated carbocycles. The van der Waals surface area contributed by atoms with E-state index < -0.39 is 0 Å². The van der Waals surface area contributed by atoms with Crippen molar-refractivity contribution in [3.63, 3.8) is 0 Å². The summed E-state index contributed by atoms with van der Waals surface area (Å²) in [6.07, 6.45) is 1.97. The average Bonchev–Trinajstić information content (AvgIpc) is 2.84.